The van der Waals surface area contributed by atoms with Gasteiger partial charge in [-0.1, -0.05) is 12.1 Å². The Morgan fingerprint density at radius 2 is 1.87 bits per heavy atom. The summed E-state index contributed by atoms with van der Waals surface area (Å²) in [4.78, 5) is 14.1. The van der Waals surface area contributed by atoms with Crippen molar-refractivity contribution in [1.29, 1.82) is 0 Å². The number of nitrogens with zero attached hydrogens (tertiary/aromatic N) is 1. The highest BCUT2D eigenvalue weighted by molar-refractivity contribution is 7.91. The molecule has 2 fully saturated rings. The minimum atomic E-state index is -2.95. The Balaban J connectivity index is 1.59. The lowest BCUT2D eigenvalue weighted by Gasteiger charge is -2.27. The Bertz CT molecular complexity index is 635. The molecular formula is C17H24N2O3S. The van der Waals surface area contributed by atoms with E-state index in [1.165, 1.54) is 18.4 Å². The van der Waals surface area contributed by atoms with E-state index in [4.69, 9.17) is 0 Å². The predicted molar refractivity (Wildman–Crippen MR) is 90.3 cm³/mol. The first-order chi connectivity index (χ1) is 11.0. The average Bonchev–Trinajstić information content (AvgIpc) is 2.56. The second kappa shape index (κ2) is 7.01. The zero-order valence-corrected chi connectivity index (χ0v) is 14.1. The number of piperidine rings is 1. The monoisotopic (exact) mass is 336 g/mol. The number of hydrogen-bond donors (Lipinski definition) is 1. The number of carbonyl (C=O) groups is 1. The van der Waals surface area contributed by atoms with Gasteiger partial charge in [-0.15, -0.1) is 0 Å². The van der Waals surface area contributed by atoms with Crippen molar-refractivity contribution in [3.05, 3.63) is 35.4 Å². The predicted octanol–water partition coefficient (Wildman–Crippen LogP) is 1.10. The zero-order valence-electron chi connectivity index (χ0n) is 13.3. The van der Waals surface area contributed by atoms with Gasteiger partial charge in [0, 0.05) is 18.7 Å². The molecule has 1 unspecified atom stereocenters. The lowest BCUT2D eigenvalue weighted by atomic mass is 9.92. The first kappa shape index (κ1) is 16.5. The second-order valence-electron chi connectivity index (χ2n) is 6.56. The van der Waals surface area contributed by atoms with Gasteiger partial charge >= 0.3 is 0 Å². The van der Waals surface area contributed by atoms with Crippen LogP contribution in [-0.4, -0.2) is 56.9 Å². The fourth-order valence-corrected chi connectivity index (χ4v) is 4.51. The highest BCUT2D eigenvalue weighted by Gasteiger charge is 2.25. The quantitative estimate of drug-likeness (QED) is 0.898. The Kier molecular flexibility index (Phi) is 5.02. The molecule has 0 spiro atoms. The Morgan fingerprint density at radius 1 is 1.17 bits per heavy atom. The van der Waals surface area contributed by atoms with E-state index in [1.54, 1.807) is 4.90 Å². The van der Waals surface area contributed by atoms with Crippen molar-refractivity contribution in [1.82, 2.24) is 10.2 Å². The molecule has 2 aliphatic heterocycles. The summed E-state index contributed by atoms with van der Waals surface area (Å²) in [6, 6.07) is 7.80. The first-order valence-electron chi connectivity index (χ1n) is 8.33. The van der Waals surface area contributed by atoms with Gasteiger partial charge in [-0.2, -0.15) is 0 Å². The van der Waals surface area contributed by atoms with Crippen LogP contribution in [-0.2, 0) is 16.3 Å². The number of benzene rings is 1. The molecule has 1 atom stereocenters. The molecule has 0 saturated carbocycles. The van der Waals surface area contributed by atoms with E-state index >= 15 is 0 Å². The lowest BCUT2D eigenvalue weighted by molar-refractivity contribution is 0.0770. The van der Waals surface area contributed by atoms with Crippen LogP contribution < -0.4 is 5.32 Å². The van der Waals surface area contributed by atoms with Crippen molar-refractivity contribution >= 4 is 15.7 Å². The van der Waals surface area contributed by atoms with Gasteiger partial charge in [-0.3, -0.25) is 4.79 Å². The number of rotatable bonds is 3. The average molecular weight is 336 g/mol. The van der Waals surface area contributed by atoms with Crippen LogP contribution in [0.1, 0.15) is 28.8 Å². The number of nitrogens with one attached hydrogen (secondary N) is 1. The maximum Gasteiger partial charge on any atom is 0.253 e. The van der Waals surface area contributed by atoms with Gasteiger partial charge in [-0.25, -0.2) is 8.42 Å². The van der Waals surface area contributed by atoms with Crippen LogP contribution in [0.3, 0.4) is 0 Å². The van der Waals surface area contributed by atoms with Crippen molar-refractivity contribution < 1.29 is 13.2 Å². The molecule has 23 heavy (non-hydrogen) atoms. The minimum absolute atomic E-state index is 0.0641. The van der Waals surface area contributed by atoms with Crippen LogP contribution in [0.2, 0.25) is 0 Å². The molecule has 3 rings (SSSR count). The molecular weight excluding hydrogens is 312 g/mol. The van der Waals surface area contributed by atoms with E-state index in [0.717, 1.165) is 19.5 Å². The fourth-order valence-electron chi connectivity index (χ4n) is 3.31. The van der Waals surface area contributed by atoms with Gasteiger partial charge < -0.3 is 10.2 Å². The second-order valence-corrected chi connectivity index (χ2v) is 8.86. The Morgan fingerprint density at radius 3 is 2.48 bits per heavy atom. The van der Waals surface area contributed by atoms with Crippen LogP contribution in [0, 0.1) is 5.92 Å². The molecule has 1 aromatic carbocycles. The molecule has 1 aromatic rings. The molecule has 1 amide bonds. The summed E-state index contributed by atoms with van der Waals surface area (Å²) in [5, 5.41) is 3.42. The number of hydrogen-bond acceptors (Lipinski definition) is 4. The summed E-state index contributed by atoms with van der Waals surface area (Å²) in [6.45, 7) is 2.80. The van der Waals surface area contributed by atoms with Crippen molar-refractivity contribution in [2.75, 3.05) is 37.7 Å². The Hall–Kier alpha value is -1.40. The van der Waals surface area contributed by atoms with E-state index in [1.807, 2.05) is 24.3 Å². The van der Waals surface area contributed by atoms with Crippen LogP contribution >= 0.6 is 0 Å². The van der Waals surface area contributed by atoms with Crippen molar-refractivity contribution in [3.8, 4) is 0 Å². The van der Waals surface area contributed by atoms with Gasteiger partial charge in [0.2, 0.25) is 0 Å². The lowest BCUT2D eigenvalue weighted by Crippen LogP contribution is -2.43. The summed E-state index contributed by atoms with van der Waals surface area (Å²) in [5.41, 5.74) is 1.91. The molecule has 5 nitrogen and oxygen atoms in total. The van der Waals surface area contributed by atoms with Crippen molar-refractivity contribution in [3.63, 3.8) is 0 Å². The van der Waals surface area contributed by atoms with E-state index in [-0.39, 0.29) is 17.4 Å². The largest absolute Gasteiger partial charge is 0.337 e. The Labute approximate surface area is 138 Å². The minimum Gasteiger partial charge on any atom is -0.337 e. The van der Waals surface area contributed by atoms with Crippen molar-refractivity contribution in [2.24, 2.45) is 5.92 Å². The maximum absolute atomic E-state index is 12.4. The van der Waals surface area contributed by atoms with E-state index in [2.05, 4.69) is 5.32 Å². The topological polar surface area (TPSA) is 66.5 Å². The zero-order chi connectivity index (χ0) is 16.3. The third kappa shape index (κ3) is 4.32. The molecule has 0 bridgehead atoms. The molecule has 2 heterocycles. The highest BCUT2D eigenvalue weighted by Crippen LogP contribution is 2.18. The summed E-state index contributed by atoms with van der Waals surface area (Å²) in [5.74, 6) is 0.764. The molecule has 2 aliphatic rings. The molecule has 1 N–H and O–H groups in total. The third-order valence-corrected chi connectivity index (χ3v) is 6.36. The molecule has 0 aromatic heterocycles. The first-order valence-corrected chi connectivity index (χ1v) is 10.1. The number of amides is 1. The van der Waals surface area contributed by atoms with Gasteiger partial charge in [0.1, 0.15) is 0 Å². The SMILES string of the molecule is O=C(c1ccc(CC2CCCNC2)cc1)N1CCS(=O)(=O)CC1. The molecule has 0 radical (unpaired) electrons. The third-order valence-electron chi connectivity index (χ3n) is 4.76. The summed E-state index contributed by atoms with van der Waals surface area (Å²) >= 11 is 0. The van der Waals surface area contributed by atoms with Crippen LogP contribution in [0.15, 0.2) is 24.3 Å². The maximum atomic E-state index is 12.4. The number of sulfone groups is 1. The molecule has 126 valence electrons. The van der Waals surface area contributed by atoms with Gasteiger partial charge in [-0.05, 0) is 56.0 Å². The smallest absolute Gasteiger partial charge is 0.253 e. The van der Waals surface area contributed by atoms with Crippen LogP contribution in [0.4, 0.5) is 0 Å². The molecule has 2 saturated heterocycles. The summed E-state index contributed by atoms with van der Waals surface area (Å²) in [6.07, 6.45) is 3.54. The van der Waals surface area contributed by atoms with Gasteiger partial charge in [0.05, 0.1) is 11.5 Å². The van der Waals surface area contributed by atoms with E-state index in [0.29, 0.717) is 24.6 Å². The van der Waals surface area contributed by atoms with Crippen molar-refractivity contribution in [2.45, 2.75) is 19.3 Å². The van der Waals surface area contributed by atoms with Gasteiger partial charge in [0.25, 0.3) is 5.91 Å². The highest BCUT2D eigenvalue weighted by atomic mass is 32.2. The molecule has 0 aliphatic carbocycles. The van der Waals surface area contributed by atoms with Crippen LogP contribution in [0.25, 0.3) is 0 Å². The van der Waals surface area contributed by atoms with Crippen LogP contribution in [0.5, 0.6) is 0 Å². The summed E-state index contributed by atoms with van der Waals surface area (Å²) < 4.78 is 22.9. The standard InChI is InChI=1S/C17H24N2O3S/c20-17(19-8-10-23(21,22)11-9-19)16-5-3-14(4-6-16)12-15-2-1-7-18-13-15/h3-6,15,18H,1-2,7-13H2. The summed E-state index contributed by atoms with van der Waals surface area (Å²) in [7, 11) is -2.95. The fraction of sp³-hybridized carbons (Fsp3) is 0.588. The van der Waals surface area contributed by atoms with E-state index < -0.39 is 9.84 Å². The van der Waals surface area contributed by atoms with E-state index in [9.17, 15) is 13.2 Å². The normalized spacial score (nSPS) is 24.3. The van der Waals surface area contributed by atoms with Gasteiger partial charge in [0.15, 0.2) is 9.84 Å². The number of carbonyl (C=O) groups excluding carboxylic acids is 1. The molecule has 6 heteroatoms.